The second kappa shape index (κ2) is 8.29. The average molecular weight is 409 g/mol. The van der Waals surface area contributed by atoms with E-state index in [1.165, 1.54) is 11.8 Å². The van der Waals surface area contributed by atoms with Gasteiger partial charge in [-0.3, -0.25) is 4.79 Å². The van der Waals surface area contributed by atoms with Crippen molar-refractivity contribution in [3.8, 4) is 17.1 Å². The van der Waals surface area contributed by atoms with E-state index in [1.807, 2.05) is 34.9 Å². The molecule has 0 bridgehead atoms. The number of carbonyl (C=O) groups is 1. The van der Waals surface area contributed by atoms with E-state index in [9.17, 15) is 9.90 Å². The second-order valence-corrected chi connectivity index (χ2v) is 8.10. The first-order valence-corrected chi connectivity index (χ1v) is 10.8. The molecule has 3 aromatic rings. The number of carbonyl (C=O) groups excluding carboxylic acids is 1. The van der Waals surface area contributed by atoms with Crippen molar-refractivity contribution >= 4 is 17.7 Å². The first-order chi connectivity index (χ1) is 14.1. The number of rotatable bonds is 6. The van der Waals surface area contributed by atoms with Crippen LogP contribution in [0.4, 0.5) is 0 Å². The lowest BCUT2D eigenvalue weighted by Crippen LogP contribution is -2.28. The number of nitrogens with one attached hydrogen (secondary N) is 1. The highest BCUT2D eigenvalue weighted by atomic mass is 32.2. The molecule has 150 valence electrons. The van der Waals surface area contributed by atoms with E-state index in [0.29, 0.717) is 5.75 Å². The first-order valence-electron chi connectivity index (χ1n) is 9.80. The number of aromatic nitrogens is 3. The fraction of sp³-hybridized carbons (Fsp3) is 0.318. The maximum absolute atomic E-state index is 12.5. The number of amides is 1. The number of hydrogen-bond donors (Lipinski definition) is 2. The third-order valence-corrected chi connectivity index (χ3v) is 6.30. The number of benzene rings is 2. The lowest BCUT2D eigenvalue weighted by molar-refractivity contribution is -0.119. The monoisotopic (exact) mass is 408 g/mol. The molecule has 7 heteroatoms. The molecule has 2 aromatic carbocycles. The van der Waals surface area contributed by atoms with Gasteiger partial charge in [0.15, 0.2) is 11.0 Å². The number of thioether (sulfide) groups is 1. The summed E-state index contributed by atoms with van der Waals surface area (Å²) < 4.78 is 2.04. The molecule has 1 aromatic heterocycles. The Hall–Kier alpha value is -2.80. The summed E-state index contributed by atoms with van der Waals surface area (Å²) in [6.07, 6.45) is 1.59. The Bertz CT molecular complexity index is 1050. The van der Waals surface area contributed by atoms with Gasteiger partial charge in [0.25, 0.3) is 0 Å². The quantitative estimate of drug-likeness (QED) is 0.605. The Morgan fingerprint density at radius 2 is 2.07 bits per heavy atom. The minimum atomic E-state index is -0.0447. The summed E-state index contributed by atoms with van der Waals surface area (Å²) in [5.74, 6) is 1.37. The van der Waals surface area contributed by atoms with Crippen LogP contribution >= 0.6 is 11.8 Å². The number of aromatic hydroxyl groups is 1. The zero-order valence-electron chi connectivity index (χ0n) is 16.6. The third kappa shape index (κ3) is 3.87. The maximum Gasteiger partial charge on any atom is 0.230 e. The van der Waals surface area contributed by atoms with Crippen molar-refractivity contribution in [2.24, 2.45) is 0 Å². The normalized spacial score (nSPS) is 15.3. The van der Waals surface area contributed by atoms with Crippen LogP contribution in [0.25, 0.3) is 11.4 Å². The predicted octanol–water partition coefficient (Wildman–Crippen LogP) is 3.87. The first kappa shape index (κ1) is 19.5. The van der Waals surface area contributed by atoms with E-state index in [2.05, 4.69) is 35.4 Å². The van der Waals surface area contributed by atoms with E-state index >= 15 is 0 Å². The summed E-state index contributed by atoms with van der Waals surface area (Å²) in [7, 11) is 0. The summed E-state index contributed by atoms with van der Waals surface area (Å²) in [5.41, 5.74) is 4.16. The predicted molar refractivity (Wildman–Crippen MR) is 114 cm³/mol. The van der Waals surface area contributed by atoms with E-state index in [4.69, 9.17) is 0 Å². The molecule has 0 saturated carbocycles. The smallest absolute Gasteiger partial charge is 0.230 e. The van der Waals surface area contributed by atoms with Crippen LogP contribution in [0.5, 0.6) is 5.75 Å². The van der Waals surface area contributed by atoms with Crippen LogP contribution in [-0.4, -0.2) is 31.5 Å². The van der Waals surface area contributed by atoms with Crippen LogP contribution in [0.3, 0.4) is 0 Å². The van der Waals surface area contributed by atoms with Gasteiger partial charge < -0.3 is 15.0 Å². The highest BCUT2D eigenvalue weighted by Gasteiger charge is 2.26. The molecule has 1 heterocycles. The molecule has 0 spiro atoms. The lowest BCUT2D eigenvalue weighted by atomic mass is 10.1. The highest BCUT2D eigenvalue weighted by molar-refractivity contribution is 7.99. The van der Waals surface area contributed by atoms with E-state index in [-0.39, 0.29) is 17.7 Å². The van der Waals surface area contributed by atoms with Crippen LogP contribution < -0.4 is 5.32 Å². The van der Waals surface area contributed by atoms with Crippen molar-refractivity contribution in [3.63, 3.8) is 0 Å². The molecule has 4 rings (SSSR count). The van der Waals surface area contributed by atoms with Gasteiger partial charge in [0.05, 0.1) is 11.8 Å². The van der Waals surface area contributed by atoms with Gasteiger partial charge in [-0.05, 0) is 49.4 Å². The second-order valence-electron chi connectivity index (χ2n) is 7.16. The molecule has 0 aliphatic heterocycles. The molecular formula is C22H24N4O2S. The zero-order valence-corrected chi connectivity index (χ0v) is 17.4. The summed E-state index contributed by atoms with van der Waals surface area (Å²) >= 11 is 1.40. The molecule has 1 amide bonds. The number of nitrogens with zero attached hydrogens (tertiary/aromatic N) is 3. The molecular weight excluding hydrogens is 384 g/mol. The van der Waals surface area contributed by atoms with Crippen molar-refractivity contribution in [2.75, 3.05) is 5.75 Å². The number of hydrogen-bond acceptors (Lipinski definition) is 5. The topological polar surface area (TPSA) is 80.0 Å². The molecule has 0 radical (unpaired) electrons. The van der Waals surface area contributed by atoms with E-state index < -0.39 is 0 Å². The van der Waals surface area contributed by atoms with Gasteiger partial charge in [-0.1, -0.05) is 48.2 Å². The van der Waals surface area contributed by atoms with Crippen molar-refractivity contribution in [3.05, 3.63) is 59.2 Å². The lowest BCUT2D eigenvalue weighted by Gasteiger charge is -2.14. The molecule has 0 fully saturated rings. The number of aryl methyl sites for hydroxylation is 1. The van der Waals surface area contributed by atoms with Gasteiger partial charge >= 0.3 is 0 Å². The van der Waals surface area contributed by atoms with Gasteiger partial charge in [0.1, 0.15) is 5.75 Å². The van der Waals surface area contributed by atoms with E-state index in [0.717, 1.165) is 52.6 Å². The Labute approximate surface area is 174 Å². The molecule has 6 nitrogen and oxygen atoms in total. The SMILES string of the molecule is CCn1c(SCC(=O)NC2CCc3c(O)cccc32)nnc1-c1ccccc1C. The molecule has 2 N–H and O–H groups in total. The number of phenols is 1. The molecule has 29 heavy (non-hydrogen) atoms. The van der Waals surface area contributed by atoms with Crippen molar-refractivity contribution in [1.82, 2.24) is 20.1 Å². The standard InChI is InChI=1S/C22H24N4O2S/c1-3-26-21(15-8-5-4-7-14(15)2)24-25-22(26)29-13-20(28)23-18-12-11-17-16(18)9-6-10-19(17)27/h4-10,18,27H,3,11-13H2,1-2H3,(H,23,28). The Morgan fingerprint density at radius 3 is 2.86 bits per heavy atom. The Kier molecular flexibility index (Phi) is 5.58. The summed E-state index contributed by atoms with van der Waals surface area (Å²) in [6, 6.07) is 13.5. The largest absolute Gasteiger partial charge is 0.508 e. The minimum Gasteiger partial charge on any atom is -0.508 e. The zero-order chi connectivity index (χ0) is 20.4. The van der Waals surface area contributed by atoms with Gasteiger partial charge in [-0.15, -0.1) is 10.2 Å². The van der Waals surface area contributed by atoms with Crippen LogP contribution in [-0.2, 0) is 17.8 Å². The van der Waals surface area contributed by atoms with Crippen LogP contribution in [0.15, 0.2) is 47.6 Å². The number of phenolic OH excluding ortho intramolecular Hbond substituents is 1. The maximum atomic E-state index is 12.5. The molecule has 1 aliphatic rings. The number of fused-ring (bicyclic) bond motifs is 1. The van der Waals surface area contributed by atoms with Gasteiger partial charge in [-0.25, -0.2) is 0 Å². The third-order valence-electron chi connectivity index (χ3n) is 5.33. The van der Waals surface area contributed by atoms with Gasteiger partial charge in [0, 0.05) is 12.1 Å². The molecule has 1 atom stereocenters. The molecule has 1 aliphatic carbocycles. The summed E-state index contributed by atoms with van der Waals surface area (Å²) in [5, 5.41) is 22.5. The Morgan fingerprint density at radius 1 is 1.24 bits per heavy atom. The molecule has 1 unspecified atom stereocenters. The van der Waals surface area contributed by atoms with Gasteiger partial charge in [-0.2, -0.15) is 0 Å². The van der Waals surface area contributed by atoms with E-state index in [1.54, 1.807) is 6.07 Å². The van der Waals surface area contributed by atoms with Gasteiger partial charge in [0.2, 0.25) is 5.91 Å². The Balaban J connectivity index is 1.43. The van der Waals surface area contributed by atoms with Crippen molar-refractivity contribution < 1.29 is 9.90 Å². The summed E-state index contributed by atoms with van der Waals surface area (Å²) in [6.45, 7) is 4.84. The van der Waals surface area contributed by atoms with Crippen LogP contribution in [0.1, 0.15) is 36.1 Å². The van der Waals surface area contributed by atoms with Crippen LogP contribution in [0.2, 0.25) is 0 Å². The molecule has 0 saturated heterocycles. The van der Waals surface area contributed by atoms with Crippen molar-refractivity contribution in [2.45, 2.75) is 44.4 Å². The van der Waals surface area contributed by atoms with Crippen LogP contribution in [0, 0.1) is 6.92 Å². The fourth-order valence-electron chi connectivity index (χ4n) is 3.85. The average Bonchev–Trinajstić information content (AvgIpc) is 3.31. The minimum absolute atomic E-state index is 0.0423. The van der Waals surface area contributed by atoms with Crippen molar-refractivity contribution in [1.29, 1.82) is 0 Å². The fourth-order valence-corrected chi connectivity index (χ4v) is 4.67. The summed E-state index contributed by atoms with van der Waals surface area (Å²) in [4.78, 5) is 12.5. The highest BCUT2D eigenvalue weighted by Crippen LogP contribution is 2.36.